The van der Waals surface area contributed by atoms with E-state index in [1.165, 1.54) is 45.0 Å². The predicted octanol–water partition coefficient (Wildman–Crippen LogP) is 2.43. The Morgan fingerprint density at radius 3 is 2.29 bits per heavy atom. The Balaban J connectivity index is 2.23. The lowest BCUT2D eigenvalue weighted by Gasteiger charge is -2.41. The van der Waals surface area contributed by atoms with Crippen LogP contribution in [0.5, 0.6) is 0 Å². The van der Waals surface area contributed by atoms with E-state index in [2.05, 4.69) is 18.7 Å². The normalized spacial score (nSPS) is 21.6. The molecule has 3 nitrogen and oxygen atoms in total. The fourth-order valence-electron chi connectivity index (χ4n) is 2.80. The van der Waals surface area contributed by atoms with E-state index in [0.29, 0.717) is 5.41 Å². The van der Waals surface area contributed by atoms with Gasteiger partial charge in [0.1, 0.15) is 0 Å². The van der Waals surface area contributed by atoms with Gasteiger partial charge in [-0.2, -0.15) is 0 Å². The van der Waals surface area contributed by atoms with Gasteiger partial charge in [0.05, 0.1) is 0 Å². The number of allylic oxidation sites excluding steroid dienone is 1. The standard InChI is InChI=1S/C14H29N3/c1-3-14(4-2)7-10-17(11-8-14)9-5-6-13(16)12-15/h12H,3-11,15-16H2,1-2H3/b13-12-. The van der Waals surface area contributed by atoms with Crippen LogP contribution in [-0.2, 0) is 0 Å². The van der Waals surface area contributed by atoms with Crippen LogP contribution in [-0.4, -0.2) is 24.5 Å². The van der Waals surface area contributed by atoms with E-state index in [4.69, 9.17) is 11.5 Å². The summed E-state index contributed by atoms with van der Waals surface area (Å²) in [5, 5.41) is 0. The lowest BCUT2D eigenvalue weighted by molar-refractivity contribution is 0.0948. The van der Waals surface area contributed by atoms with Gasteiger partial charge in [-0.15, -0.1) is 0 Å². The summed E-state index contributed by atoms with van der Waals surface area (Å²) in [6, 6.07) is 0. The van der Waals surface area contributed by atoms with Gasteiger partial charge >= 0.3 is 0 Å². The molecule has 1 rings (SSSR count). The summed E-state index contributed by atoms with van der Waals surface area (Å²) < 4.78 is 0. The average molecular weight is 239 g/mol. The minimum absolute atomic E-state index is 0.632. The average Bonchev–Trinajstić information content (AvgIpc) is 2.39. The van der Waals surface area contributed by atoms with Crippen molar-refractivity contribution >= 4 is 0 Å². The fraction of sp³-hybridized carbons (Fsp3) is 0.857. The van der Waals surface area contributed by atoms with E-state index in [0.717, 1.165) is 25.1 Å². The molecule has 1 saturated heterocycles. The SMILES string of the molecule is CCC1(CC)CCN(CCC/C(N)=C/N)CC1. The Kier molecular flexibility index (Phi) is 5.83. The zero-order valence-corrected chi connectivity index (χ0v) is 11.5. The molecule has 0 unspecified atom stereocenters. The van der Waals surface area contributed by atoms with Crippen LogP contribution in [0.2, 0.25) is 0 Å². The van der Waals surface area contributed by atoms with Crippen molar-refractivity contribution < 1.29 is 0 Å². The second kappa shape index (κ2) is 6.90. The highest BCUT2D eigenvalue weighted by Gasteiger charge is 2.30. The van der Waals surface area contributed by atoms with Gasteiger partial charge in [0.25, 0.3) is 0 Å². The highest BCUT2D eigenvalue weighted by Crippen LogP contribution is 2.37. The number of nitrogens with two attached hydrogens (primary N) is 2. The van der Waals surface area contributed by atoms with Gasteiger partial charge in [-0.3, -0.25) is 0 Å². The van der Waals surface area contributed by atoms with Gasteiger partial charge in [-0.1, -0.05) is 26.7 Å². The van der Waals surface area contributed by atoms with Crippen molar-refractivity contribution in [2.45, 2.75) is 52.4 Å². The molecule has 17 heavy (non-hydrogen) atoms. The zero-order valence-electron chi connectivity index (χ0n) is 11.5. The lowest BCUT2D eigenvalue weighted by Crippen LogP contribution is -2.40. The van der Waals surface area contributed by atoms with E-state index in [-0.39, 0.29) is 0 Å². The van der Waals surface area contributed by atoms with E-state index in [9.17, 15) is 0 Å². The minimum Gasteiger partial charge on any atom is -0.403 e. The van der Waals surface area contributed by atoms with Crippen molar-refractivity contribution in [2.24, 2.45) is 16.9 Å². The summed E-state index contributed by atoms with van der Waals surface area (Å²) in [4.78, 5) is 2.58. The third kappa shape index (κ3) is 4.23. The molecule has 0 aromatic rings. The van der Waals surface area contributed by atoms with Crippen LogP contribution in [0.4, 0.5) is 0 Å². The molecule has 0 bridgehead atoms. The summed E-state index contributed by atoms with van der Waals surface area (Å²) in [6.45, 7) is 8.36. The number of hydrogen-bond acceptors (Lipinski definition) is 3. The molecule has 1 aliphatic rings. The molecule has 0 saturated carbocycles. The summed E-state index contributed by atoms with van der Waals surface area (Å²) in [6.07, 6.45) is 8.98. The predicted molar refractivity (Wildman–Crippen MR) is 74.4 cm³/mol. The number of likely N-dealkylation sites (tertiary alicyclic amines) is 1. The first-order valence-electron chi connectivity index (χ1n) is 7.04. The van der Waals surface area contributed by atoms with Crippen LogP contribution in [0.3, 0.4) is 0 Å². The van der Waals surface area contributed by atoms with Crippen molar-refractivity contribution in [1.29, 1.82) is 0 Å². The molecule has 0 atom stereocenters. The fourth-order valence-corrected chi connectivity index (χ4v) is 2.80. The Labute approximate surface area is 106 Å². The Bertz CT molecular complexity index is 234. The molecule has 0 spiro atoms. The van der Waals surface area contributed by atoms with E-state index >= 15 is 0 Å². The first-order valence-corrected chi connectivity index (χ1v) is 7.04. The molecule has 1 aliphatic heterocycles. The molecule has 100 valence electrons. The molecular formula is C14H29N3. The first kappa shape index (κ1) is 14.4. The second-order valence-corrected chi connectivity index (χ2v) is 5.39. The smallest absolute Gasteiger partial charge is 0.0238 e. The van der Waals surface area contributed by atoms with E-state index in [1.54, 1.807) is 0 Å². The number of rotatable bonds is 6. The van der Waals surface area contributed by atoms with Crippen LogP contribution in [0, 0.1) is 5.41 Å². The van der Waals surface area contributed by atoms with Crippen LogP contribution in [0.15, 0.2) is 11.9 Å². The van der Waals surface area contributed by atoms with Crippen LogP contribution >= 0.6 is 0 Å². The highest BCUT2D eigenvalue weighted by atomic mass is 15.1. The molecule has 0 aromatic carbocycles. The molecule has 3 heteroatoms. The Morgan fingerprint density at radius 1 is 1.24 bits per heavy atom. The third-order valence-corrected chi connectivity index (χ3v) is 4.57. The maximum absolute atomic E-state index is 5.69. The molecule has 0 radical (unpaired) electrons. The van der Waals surface area contributed by atoms with Crippen molar-refractivity contribution in [3.05, 3.63) is 11.9 Å². The first-order chi connectivity index (χ1) is 8.15. The molecular weight excluding hydrogens is 210 g/mol. The van der Waals surface area contributed by atoms with E-state index in [1.807, 2.05) is 0 Å². The maximum atomic E-state index is 5.69. The van der Waals surface area contributed by atoms with E-state index < -0.39 is 0 Å². The molecule has 0 amide bonds. The van der Waals surface area contributed by atoms with Crippen molar-refractivity contribution in [2.75, 3.05) is 19.6 Å². The van der Waals surface area contributed by atoms with Gasteiger partial charge < -0.3 is 16.4 Å². The maximum Gasteiger partial charge on any atom is 0.0238 e. The Hall–Kier alpha value is -0.700. The third-order valence-electron chi connectivity index (χ3n) is 4.57. The lowest BCUT2D eigenvalue weighted by atomic mass is 9.74. The minimum atomic E-state index is 0.632. The highest BCUT2D eigenvalue weighted by molar-refractivity contribution is 4.92. The number of nitrogens with zero attached hydrogens (tertiary/aromatic N) is 1. The molecule has 0 aromatic heterocycles. The molecule has 1 heterocycles. The number of piperidine rings is 1. The van der Waals surface area contributed by atoms with Crippen LogP contribution < -0.4 is 11.5 Å². The summed E-state index contributed by atoms with van der Waals surface area (Å²) in [5.41, 5.74) is 12.5. The second-order valence-electron chi connectivity index (χ2n) is 5.39. The van der Waals surface area contributed by atoms with Crippen molar-refractivity contribution in [3.8, 4) is 0 Å². The van der Waals surface area contributed by atoms with Gasteiger partial charge in [0, 0.05) is 11.9 Å². The van der Waals surface area contributed by atoms with Crippen LogP contribution in [0.1, 0.15) is 52.4 Å². The molecule has 4 N–H and O–H groups in total. The van der Waals surface area contributed by atoms with Crippen molar-refractivity contribution in [3.63, 3.8) is 0 Å². The monoisotopic (exact) mass is 239 g/mol. The number of hydrogen-bond donors (Lipinski definition) is 2. The molecule has 1 fully saturated rings. The van der Waals surface area contributed by atoms with Crippen molar-refractivity contribution in [1.82, 2.24) is 4.90 Å². The summed E-state index contributed by atoms with van der Waals surface area (Å²) in [5.74, 6) is 0. The van der Waals surface area contributed by atoms with Gasteiger partial charge in [-0.25, -0.2) is 0 Å². The van der Waals surface area contributed by atoms with Gasteiger partial charge in [0.15, 0.2) is 0 Å². The molecule has 0 aliphatic carbocycles. The van der Waals surface area contributed by atoms with Gasteiger partial charge in [-0.05, 0) is 50.7 Å². The Morgan fingerprint density at radius 2 is 1.82 bits per heavy atom. The van der Waals surface area contributed by atoms with Crippen LogP contribution in [0.25, 0.3) is 0 Å². The summed E-state index contributed by atoms with van der Waals surface area (Å²) in [7, 11) is 0. The quantitative estimate of drug-likeness (QED) is 0.748. The van der Waals surface area contributed by atoms with Gasteiger partial charge in [0.2, 0.25) is 0 Å². The largest absolute Gasteiger partial charge is 0.403 e. The topological polar surface area (TPSA) is 55.3 Å². The zero-order chi connectivity index (χ0) is 12.7. The summed E-state index contributed by atoms with van der Waals surface area (Å²) >= 11 is 0.